The summed E-state index contributed by atoms with van der Waals surface area (Å²) in [5.74, 6) is 0.118. The number of benzene rings is 1. The van der Waals surface area contributed by atoms with Gasteiger partial charge in [0.15, 0.2) is 5.78 Å². The topological polar surface area (TPSA) is 41.1 Å². The lowest BCUT2D eigenvalue weighted by Gasteiger charge is -2.23. The third kappa shape index (κ3) is 3.84. The van der Waals surface area contributed by atoms with E-state index >= 15 is 0 Å². The molecule has 0 aliphatic carbocycles. The summed E-state index contributed by atoms with van der Waals surface area (Å²) < 4.78 is 0. The Morgan fingerprint density at radius 2 is 2.11 bits per heavy atom. The summed E-state index contributed by atoms with van der Waals surface area (Å²) in [6.07, 6.45) is 5.13. The molecule has 3 nitrogen and oxygen atoms in total. The second-order valence-corrected chi connectivity index (χ2v) is 5.00. The molecule has 98 valence electrons. The van der Waals surface area contributed by atoms with Crippen molar-refractivity contribution in [3.8, 4) is 0 Å². The quantitative estimate of drug-likeness (QED) is 0.785. The molecular formula is C15H22N2O. The van der Waals surface area contributed by atoms with Gasteiger partial charge in [-0.25, -0.2) is 0 Å². The van der Waals surface area contributed by atoms with Crippen LogP contribution in [0, 0.1) is 0 Å². The predicted octanol–water partition coefficient (Wildman–Crippen LogP) is 2.83. The molecule has 1 unspecified atom stereocenters. The highest BCUT2D eigenvalue weighted by Gasteiger charge is 2.11. The van der Waals surface area contributed by atoms with Crippen molar-refractivity contribution in [2.75, 3.05) is 18.4 Å². The van der Waals surface area contributed by atoms with Gasteiger partial charge in [0.2, 0.25) is 0 Å². The fraction of sp³-hybridized carbons (Fsp3) is 0.533. The SMILES string of the molecule is CC(=O)c1ccc(NCCC2CCCCN2)cc1. The summed E-state index contributed by atoms with van der Waals surface area (Å²) in [4.78, 5) is 11.1. The number of Topliss-reactive ketones (excluding diaryl/α,β-unsaturated/α-hetero) is 1. The Bertz CT molecular complexity index is 380. The summed E-state index contributed by atoms with van der Waals surface area (Å²) in [6.45, 7) is 3.74. The highest BCUT2D eigenvalue weighted by atomic mass is 16.1. The molecule has 3 heteroatoms. The van der Waals surface area contributed by atoms with Crippen LogP contribution in [0.4, 0.5) is 5.69 Å². The second kappa shape index (κ2) is 6.55. The third-order valence-corrected chi connectivity index (χ3v) is 3.53. The van der Waals surface area contributed by atoms with Crippen molar-refractivity contribution in [2.45, 2.75) is 38.6 Å². The average Bonchev–Trinajstić information content (AvgIpc) is 2.40. The maximum atomic E-state index is 11.1. The first-order valence-corrected chi connectivity index (χ1v) is 6.84. The van der Waals surface area contributed by atoms with E-state index in [0.29, 0.717) is 6.04 Å². The summed E-state index contributed by atoms with van der Waals surface area (Å²) in [6, 6.07) is 8.38. The Balaban J connectivity index is 1.74. The maximum Gasteiger partial charge on any atom is 0.159 e. The van der Waals surface area contributed by atoms with E-state index in [1.807, 2.05) is 24.3 Å². The van der Waals surface area contributed by atoms with Crippen molar-refractivity contribution in [1.82, 2.24) is 5.32 Å². The molecule has 0 aromatic heterocycles. The van der Waals surface area contributed by atoms with Gasteiger partial charge in [-0.2, -0.15) is 0 Å². The van der Waals surface area contributed by atoms with Gasteiger partial charge in [-0.05, 0) is 57.0 Å². The molecule has 0 bridgehead atoms. The van der Waals surface area contributed by atoms with Crippen LogP contribution >= 0.6 is 0 Å². The molecule has 1 atom stereocenters. The van der Waals surface area contributed by atoms with Crippen LogP contribution in [0.25, 0.3) is 0 Å². The molecular weight excluding hydrogens is 224 g/mol. The molecule has 1 aliphatic heterocycles. The maximum absolute atomic E-state index is 11.1. The number of hydrogen-bond donors (Lipinski definition) is 2. The molecule has 0 amide bonds. The molecule has 1 aliphatic rings. The van der Waals surface area contributed by atoms with Gasteiger partial charge in [0, 0.05) is 23.8 Å². The van der Waals surface area contributed by atoms with Gasteiger partial charge in [0.25, 0.3) is 0 Å². The number of nitrogens with one attached hydrogen (secondary N) is 2. The Kier molecular flexibility index (Phi) is 4.76. The summed E-state index contributed by atoms with van der Waals surface area (Å²) in [7, 11) is 0. The first kappa shape index (κ1) is 13.1. The lowest BCUT2D eigenvalue weighted by Crippen LogP contribution is -2.35. The minimum Gasteiger partial charge on any atom is -0.385 e. The monoisotopic (exact) mass is 246 g/mol. The van der Waals surface area contributed by atoms with Crippen molar-refractivity contribution in [2.24, 2.45) is 0 Å². The Labute approximate surface area is 109 Å². The van der Waals surface area contributed by atoms with Crippen molar-refractivity contribution in [3.05, 3.63) is 29.8 Å². The van der Waals surface area contributed by atoms with E-state index in [2.05, 4.69) is 10.6 Å². The number of anilines is 1. The molecule has 2 rings (SSSR count). The normalized spacial score (nSPS) is 19.5. The minimum absolute atomic E-state index is 0.118. The van der Waals surface area contributed by atoms with Gasteiger partial charge in [-0.15, -0.1) is 0 Å². The molecule has 1 fully saturated rings. The highest BCUT2D eigenvalue weighted by molar-refractivity contribution is 5.94. The minimum atomic E-state index is 0.118. The summed E-state index contributed by atoms with van der Waals surface area (Å²) >= 11 is 0. The van der Waals surface area contributed by atoms with Crippen LogP contribution in [-0.2, 0) is 0 Å². The lowest BCUT2D eigenvalue weighted by atomic mass is 10.0. The first-order valence-electron chi connectivity index (χ1n) is 6.84. The second-order valence-electron chi connectivity index (χ2n) is 5.00. The van der Waals surface area contributed by atoms with Crippen LogP contribution < -0.4 is 10.6 Å². The number of carbonyl (C=O) groups is 1. The molecule has 1 aromatic carbocycles. The van der Waals surface area contributed by atoms with Crippen LogP contribution in [0.15, 0.2) is 24.3 Å². The van der Waals surface area contributed by atoms with E-state index in [1.165, 1.54) is 19.3 Å². The summed E-state index contributed by atoms with van der Waals surface area (Å²) in [5.41, 5.74) is 1.87. The molecule has 0 spiro atoms. The van der Waals surface area contributed by atoms with E-state index in [9.17, 15) is 4.79 Å². The Hall–Kier alpha value is -1.35. The Morgan fingerprint density at radius 3 is 2.72 bits per heavy atom. The van der Waals surface area contributed by atoms with Crippen LogP contribution in [0.3, 0.4) is 0 Å². The van der Waals surface area contributed by atoms with E-state index in [4.69, 9.17) is 0 Å². The summed E-state index contributed by atoms with van der Waals surface area (Å²) in [5, 5.41) is 6.95. The highest BCUT2D eigenvalue weighted by Crippen LogP contribution is 2.12. The molecule has 1 heterocycles. The van der Waals surface area contributed by atoms with E-state index in [1.54, 1.807) is 6.92 Å². The fourth-order valence-electron chi connectivity index (χ4n) is 2.38. The number of carbonyl (C=O) groups excluding carboxylic acids is 1. The first-order chi connectivity index (χ1) is 8.75. The predicted molar refractivity (Wildman–Crippen MR) is 75.2 cm³/mol. The van der Waals surface area contributed by atoms with Crippen LogP contribution in [-0.4, -0.2) is 24.9 Å². The number of piperidine rings is 1. The van der Waals surface area contributed by atoms with Gasteiger partial charge in [0.05, 0.1) is 0 Å². The number of rotatable bonds is 5. The largest absolute Gasteiger partial charge is 0.385 e. The smallest absolute Gasteiger partial charge is 0.159 e. The number of ketones is 1. The van der Waals surface area contributed by atoms with E-state index in [-0.39, 0.29) is 5.78 Å². The molecule has 1 aromatic rings. The Morgan fingerprint density at radius 1 is 1.33 bits per heavy atom. The zero-order valence-corrected chi connectivity index (χ0v) is 11.0. The van der Waals surface area contributed by atoms with Gasteiger partial charge in [-0.1, -0.05) is 6.42 Å². The third-order valence-electron chi connectivity index (χ3n) is 3.53. The molecule has 1 saturated heterocycles. The molecule has 0 radical (unpaired) electrons. The van der Waals surface area contributed by atoms with E-state index < -0.39 is 0 Å². The number of hydrogen-bond acceptors (Lipinski definition) is 3. The van der Waals surface area contributed by atoms with Gasteiger partial charge in [0.1, 0.15) is 0 Å². The average molecular weight is 246 g/mol. The van der Waals surface area contributed by atoms with Crippen LogP contribution in [0.1, 0.15) is 43.0 Å². The van der Waals surface area contributed by atoms with Gasteiger partial charge >= 0.3 is 0 Å². The van der Waals surface area contributed by atoms with Gasteiger partial charge < -0.3 is 10.6 Å². The van der Waals surface area contributed by atoms with E-state index in [0.717, 1.165) is 30.8 Å². The molecule has 2 N–H and O–H groups in total. The van der Waals surface area contributed by atoms with Crippen molar-refractivity contribution >= 4 is 11.5 Å². The molecule has 18 heavy (non-hydrogen) atoms. The van der Waals surface area contributed by atoms with Crippen LogP contribution in [0.5, 0.6) is 0 Å². The zero-order valence-electron chi connectivity index (χ0n) is 11.0. The lowest BCUT2D eigenvalue weighted by molar-refractivity contribution is 0.101. The molecule has 0 saturated carbocycles. The zero-order chi connectivity index (χ0) is 12.8. The standard InChI is InChI=1S/C15H22N2O/c1-12(18)13-5-7-15(8-6-13)17-11-9-14-4-2-3-10-16-14/h5-8,14,16-17H,2-4,9-11H2,1H3. The van der Waals surface area contributed by atoms with Crippen LogP contribution in [0.2, 0.25) is 0 Å². The van der Waals surface area contributed by atoms with Crippen molar-refractivity contribution < 1.29 is 4.79 Å². The van der Waals surface area contributed by atoms with Crippen molar-refractivity contribution in [3.63, 3.8) is 0 Å². The van der Waals surface area contributed by atoms with Crippen molar-refractivity contribution in [1.29, 1.82) is 0 Å². The fourth-order valence-corrected chi connectivity index (χ4v) is 2.38. The van der Waals surface area contributed by atoms with Gasteiger partial charge in [-0.3, -0.25) is 4.79 Å².